The Morgan fingerprint density at radius 1 is 1.30 bits per heavy atom. The summed E-state index contributed by atoms with van der Waals surface area (Å²) in [6.07, 6.45) is 0.278. The second-order valence-corrected chi connectivity index (χ2v) is 6.62. The smallest absolute Gasteiger partial charge is 0.243 e. The Balaban J connectivity index is 2.13. The zero-order valence-electron chi connectivity index (χ0n) is 11.1. The van der Waals surface area contributed by atoms with Gasteiger partial charge in [-0.25, -0.2) is 8.42 Å². The van der Waals surface area contributed by atoms with E-state index in [-0.39, 0.29) is 36.1 Å². The number of carbonyl (C=O) groups is 2. The lowest BCUT2D eigenvalue weighted by Crippen LogP contribution is -2.29. The Bertz CT molecular complexity index is 622. The minimum absolute atomic E-state index is 0.0457. The van der Waals surface area contributed by atoms with E-state index in [1.165, 1.54) is 23.4 Å². The van der Waals surface area contributed by atoms with Gasteiger partial charge in [-0.3, -0.25) is 9.59 Å². The van der Waals surface area contributed by atoms with Crippen LogP contribution in [0.5, 0.6) is 0 Å². The van der Waals surface area contributed by atoms with Crippen molar-refractivity contribution in [2.24, 2.45) is 0 Å². The van der Waals surface area contributed by atoms with Crippen molar-refractivity contribution >= 4 is 21.7 Å². The highest BCUT2D eigenvalue weighted by atomic mass is 32.2. The fourth-order valence-electron chi connectivity index (χ4n) is 1.96. The molecule has 2 rings (SSSR count). The van der Waals surface area contributed by atoms with Crippen LogP contribution in [0.15, 0.2) is 29.2 Å². The number of nitrogens with zero attached hydrogens (tertiary/aromatic N) is 1. The molecule has 1 heterocycles. The molecule has 0 spiro atoms. The van der Waals surface area contributed by atoms with Crippen molar-refractivity contribution in [1.29, 1.82) is 0 Å². The van der Waals surface area contributed by atoms with Gasteiger partial charge in [0.1, 0.15) is 5.78 Å². The third-order valence-electron chi connectivity index (χ3n) is 3.10. The molecule has 20 heavy (non-hydrogen) atoms. The molecule has 0 aliphatic carbocycles. The number of amides is 1. The summed E-state index contributed by atoms with van der Waals surface area (Å²) in [4.78, 5) is 22.2. The van der Waals surface area contributed by atoms with Gasteiger partial charge in [0.2, 0.25) is 15.9 Å². The van der Waals surface area contributed by atoms with Crippen molar-refractivity contribution < 1.29 is 18.0 Å². The highest BCUT2D eigenvalue weighted by molar-refractivity contribution is 7.89. The molecule has 0 radical (unpaired) electrons. The fourth-order valence-corrected chi connectivity index (χ4v) is 3.39. The first-order chi connectivity index (χ1) is 9.39. The van der Waals surface area contributed by atoms with Crippen LogP contribution < -0.4 is 5.32 Å². The van der Waals surface area contributed by atoms with Gasteiger partial charge in [-0.15, -0.1) is 0 Å². The first kappa shape index (κ1) is 14.7. The average Bonchev–Trinajstić information content (AvgIpc) is 2.84. The van der Waals surface area contributed by atoms with E-state index in [1.807, 2.05) is 0 Å². The average molecular weight is 296 g/mol. The number of hydrogen-bond acceptors (Lipinski definition) is 4. The number of ketones is 1. The summed E-state index contributed by atoms with van der Waals surface area (Å²) in [6, 6.07) is 6.30. The van der Waals surface area contributed by atoms with Crippen molar-refractivity contribution in [3.63, 3.8) is 0 Å². The van der Waals surface area contributed by atoms with Crippen LogP contribution in [-0.2, 0) is 26.2 Å². The number of carbonyl (C=O) groups excluding carboxylic acids is 2. The molecule has 1 aromatic rings. The third-order valence-corrected chi connectivity index (χ3v) is 4.95. The van der Waals surface area contributed by atoms with Gasteiger partial charge in [0.05, 0.1) is 11.4 Å². The van der Waals surface area contributed by atoms with Crippen LogP contribution in [0.25, 0.3) is 0 Å². The molecule has 1 aliphatic heterocycles. The van der Waals surface area contributed by atoms with Crippen molar-refractivity contribution in [2.45, 2.75) is 24.8 Å². The van der Waals surface area contributed by atoms with Gasteiger partial charge in [-0.1, -0.05) is 12.1 Å². The summed E-state index contributed by atoms with van der Waals surface area (Å²) in [7, 11) is -3.59. The minimum atomic E-state index is -3.59. The lowest BCUT2D eigenvalue weighted by atomic mass is 10.2. The molecule has 0 saturated carbocycles. The van der Waals surface area contributed by atoms with Gasteiger partial charge in [-0.05, 0) is 17.7 Å². The summed E-state index contributed by atoms with van der Waals surface area (Å²) < 4.78 is 25.7. The molecule has 108 valence electrons. The van der Waals surface area contributed by atoms with E-state index in [0.29, 0.717) is 6.54 Å². The van der Waals surface area contributed by atoms with Crippen LogP contribution in [0.3, 0.4) is 0 Å². The lowest BCUT2D eigenvalue weighted by molar-refractivity contribution is -0.119. The number of nitrogens with one attached hydrogen (secondary N) is 1. The summed E-state index contributed by atoms with van der Waals surface area (Å²) in [5.41, 5.74) is 0.816. The maximum absolute atomic E-state index is 12.3. The molecule has 0 aromatic heterocycles. The molecule has 0 unspecified atom stereocenters. The van der Waals surface area contributed by atoms with E-state index in [4.69, 9.17) is 0 Å². The van der Waals surface area contributed by atoms with E-state index in [0.717, 1.165) is 5.56 Å². The topological polar surface area (TPSA) is 83.6 Å². The monoisotopic (exact) mass is 296 g/mol. The summed E-state index contributed by atoms with van der Waals surface area (Å²) in [5, 5.41) is 2.64. The van der Waals surface area contributed by atoms with Crippen molar-refractivity contribution in [3.05, 3.63) is 29.8 Å². The van der Waals surface area contributed by atoms with Crippen molar-refractivity contribution in [3.8, 4) is 0 Å². The first-order valence-electron chi connectivity index (χ1n) is 6.25. The van der Waals surface area contributed by atoms with E-state index in [1.54, 1.807) is 12.1 Å². The molecule has 6 nitrogen and oxygen atoms in total. The van der Waals surface area contributed by atoms with E-state index < -0.39 is 10.0 Å². The van der Waals surface area contributed by atoms with Crippen molar-refractivity contribution in [1.82, 2.24) is 9.62 Å². The highest BCUT2D eigenvalue weighted by Gasteiger charge is 2.31. The Morgan fingerprint density at radius 3 is 2.45 bits per heavy atom. The van der Waals surface area contributed by atoms with E-state index >= 15 is 0 Å². The first-order valence-corrected chi connectivity index (χ1v) is 7.69. The van der Waals surface area contributed by atoms with Gasteiger partial charge >= 0.3 is 0 Å². The standard InChI is InChI=1S/C13H16N2O4S/c1-10(16)14-8-11-2-4-13(5-3-11)20(18,19)15-7-6-12(17)9-15/h2-5H,6-9H2,1H3,(H,14,16). The highest BCUT2D eigenvalue weighted by Crippen LogP contribution is 2.19. The number of Topliss-reactive ketones (excluding diaryl/α,β-unsaturated/α-hetero) is 1. The summed E-state index contributed by atoms with van der Waals surface area (Å²) in [5.74, 6) is -0.201. The maximum Gasteiger partial charge on any atom is 0.243 e. The van der Waals surface area contributed by atoms with Crippen LogP contribution in [0.1, 0.15) is 18.9 Å². The summed E-state index contributed by atoms with van der Waals surface area (Å²) >= 11 is 0. The molecular weight excluding hydrogens is 280 g/mol. The Labute approximate surface area is 117 Å². The molecule has 7 heteroatoms. The van der Waals surface area contributed by atoms with Gasteiger partial charge in [0, 0.05) is 26.4 Å². The van der Waals surface area contributed by atoms with Gasteiger partial charge in [-0.2, -0.15) is 4.31 Å². The Kier molecular flexibility index (Phi) is 4.20. The molecule has 1 fully saturated rings. The number of benzene rings is 1. The molecule has 1 saturated heterocycles. The zero-order chi connectivity index (χ0) is 14.8. The Morgan fingerprint density at radius 2 is 1.95 bits per heavy atom. The Hall–Kier alpha value is -1.73. The predicted molar refractivity (Wildman–Crippen MR) is 72.3 cm³/mol. The molecule has 1 amide bonds. The molecule has 1 aliphatic rings. The van der Waals surface area contributed by atoms with Crippen LogP contribution in [0.2, 0.25) is 0 Å². The van der Waals surface area contributed by atoms with Gasteiger partial charge in [0.25, 0.3) is 0 Å². The predicted octanol–water partition coefficient (Wildman–Crippen LogP) is 0.286. The molecule has 1 aromatic carbocycles. The van der Waals surface area contributed by atoms with Crippen LogP contribution in [0, 0.1) is 0 Å². The number of hydrogen-bond donors (Lipinski definition) is 1. The second kappa shape index (κ2) is 5.72. The molecule has 1 N–H and O–H groups in total. The summed E-state index contributed by atoms with van der Waals surface area (Å²) in [6.45, 7) is 1.98. The zero-order valence-corrected chi connectivity index (χ0v) is 11.9. The molecule has 0 bridgehead atoms. The molecule has 0 atom stereocenters. The lowest BCUT2D eigenvalue weighted by Gasteiger charge is -2.14. The van der Waals surface area contributed by atoms with Crippen molar-refractivity contribution in [2.75, 3.05) is 13.1 Å². The van der Waals surface area contributed by atoms with E-state index in [2.05, 4.69) is 5.32 Å². The fraction of sp³-hybridized carbons (Fsp3) is 0.385. The normalized spacial score (nSPS) is 16.4. The van der Waals surface area contributed by atoms with E-state index in [9.17, 15) is 18.0 Å². The minimum Gasteiger partial charge on any atom is -0.352 e. The van der Waals surface area contributed by atoms with Gasteiger partial charge in [0.15, 0.2) is 0 Å². The second-order valence-electron chi connectivity index (χ2n) is 4.68. The van der Waals surface area contributed by atoms with Gasteiger partial charge < -0.3 is 5.32 Å². The number of rotatable bonds is 4. The number of sulfonamides is 1. The SMILES string of the molecule is CC(=O)NCc1ccc(S(=O)(=O)N2CCC(=O)C2)cc1. The quantitative estimate of drug-likeness (QED) is 0.865. The van der Waals surface area contributed by atoms with Crippen LogP contribution in [0.4, 0.5) is 0 Å². The third kappa shape index (κ3) is 3.23. The molecular formula is C13H16N2O4S. The van der Waals surface area contributed by atoms with Crippen LogP contribution >= 0.6 is 0 Å². The van der Waals surface area contributed by atoms with Crippen LogP contribution in [-0.4, -0.2) is 37.5 Å². The largest absolute Gasteiger partial charge is 0.352 e. The maximum atomic E-state index is 12.3.